The fourth-order valence-corrected chi connectivity index (χ4v) is 3.07. The second kappa shape index (κ2) is 8.50. The molecule has 33 heavy (non-hydrogen) atoms. The van der Waals surface area contributed by atoms with E-state index in [4.69, 9.17) is 0 Å². The lowest BCUT2D eigenvalue weighted by molar-refractivity contribution is -0.144. The lowest BCUT2D eigenvalue weighted by Gasteiger charge is -2.13. The van der Waals surface area contributed by atoms with Crippen LogP contribution in [0.15, 0.2) is 55.1 Å². The Bertz CT molecular complexity index is 1360. The number of hydrogen-bond acceptors (Lipinski definition) is 6. The molecular weight excluding hydrogens is 444 g/mol. The van der Waals surface area contributed by atoms with E-state index in [1.165, 1.54) is 30.6 Å². The molecule has 0 atom stereocenters. The number of hydrogen-bond donors (Lipinski definition) is 1. The molecule has 0 saturated carbocycles. The molecule has 3 heterocycles. The van der Waals surface area contributed by atoms with Gasteiger partial charge in [-0.05, 0) is 23.8 Å². The molecule has 166 valence electrons. The van der Waals surface area contributed by atoms with Gasteiger partial charge in [0.05, 0.1) is 42.6 Å². The molecule has 0 aliphatic heterocycles. The predicted molar refractivity (Wildman–Crippen MR) is 105 cm³/mol. The summed E-state index contributed by atoms with van der Waals surface area (Å²) in [6, 6.07) is 8.13. The average molecular weight is 456 g/mol. The number of benzene rings is 1. The first-order valence-corrected chi connectivity index (χ1v) is 9.22. The van der Waals surface area contributed by atoms with Gasteiger partial charge < -0.3 is 5.32 Å². The number of carbonyl (C=O) groups excluding carboxylic acids is 1. The minimum Gasteiger partial charge on any atom is -0.320 e. The summed E-state index contributed by atoms with van der Waals surface area (Å²) in [5.41, 5.74) is -1.83. The third kappa shape index (κ3) is 4.54. The van der Waals surface area contributed by atoms with Crippen LogP contribution in [0, 0.1) is 17.1 Å². The molecule has 4 rings (SSSR count). The van der Waals surface area contributed by atoms with E-state index in [0.717, 1.165) is 29.3 Å². The Balaban J connectivity index is 1.63. The maximum absolute atomic E-state index is 13.8. The van der Waals surface area contributed by atoms with Crippen LogP contribution in [0.25, 0.3) is 5.82 Å². The van der Waals surface area contributed by atoms with Crippen LogP contribution in [0.1, 0.15) is 27.2 Å². The summed E-state index contributed by atoms with van der Waals surface area (Å²) in [6.45, 7) is -0.397. The molecule has 1 aromatic carbocycles. The number of nitrogens with zero attached hydrogens (tertiary/aromatic N) is 7. The van der Waals surface area contributed by atoms with E-state index in [9.17, 15) is 27.6 Å². The van der Waals surface area contributed by atoms with Crippen LogP contribution < -0.4 is 5.32 Å². The minimum atomic E-state index is -4.91. The molecule has 4 aromatic rings. The van der Waals surface area contributed by atoms with Crippen LogP contribution in [0.2, 0.25) is 0 Å². The Labute approximate surface area is 182 Å². The summed E-state index contributed by atoms with van der Waals surface area (Å²) in [5, 5.41) is 23.0. The highest BCUT2D eigenvalue weighted by Gasteiger charge is 2.40. The van der Waals surface area contributed by atoms with E-state index >= 15 is 0 Å². The van der Waals surface area contributed by atoms with Crippen molar-refractivity contribution in [2.24, 2.45) is 0 Å². The van der Waals surface area contributed by atoms with Crippen molar-refractivity contribution in [3.05, 3.63) is 83.3 Å². The van der Waals surface area contributed by atoms with Crippen LogP contribution in [0.5, 0.6) is 0 Å². The van der Waals surface area contributed by atoms with Crippen LogP contribution in [0.3, 0.4) is 0 Å². The number of carbonyl (C=O) groups is 1. The summed E-state index contributed by atoms with van der Waals surface area (Å²) >= 11 is 0. The SMILES string of the molecule is N#Cc1cc(NC(=O)c2cnn(Cc3cccc(F)c3)c2C(F)(F)F)cnc1-n1nccn1. The lowest BCUT2D eigenvalue weighted by atomic mass is 10.2. The smallest absolute Gasteiger partial charge is 0.320 e. The number of alkyl halides is 3. The largest absolute Gasteiger partial charge is 0.433 e. The van der Waals surface area contributed by atoms with Crippen molar-refractivity contribution in [2.75, 3.05) is 5.32 Å². The molecule has 0 aliphatic carbocycles. The highest BCUT2D eigenvalue weighted by Crippen LogP contribution is 2.33. The van der Waals surface area contributed by atoms with Crippen molar-refractivity contribution < 1.29 is 22.4 Å². The van der Waals surface area contributed by atoms with E-state index in [2.05, 4.69) is 25.6 Å². The topological polar surface area (TPSA) is 114 Å². The van der Waals surface area contributed by atoms with Gasteiger partial charge in [-0.3, -0.25) is 9.48 Å². The zero-order valence-corrected chi connectivity index (χ0v) is 16.5. The average Bonchev–Trinajstić information content (AvgIpc) is 3.43. The molecule has 0 saturated heterocycles. The van der Waals surface area contributed by atoms with Gasteiger partial charge in [0.2, 0.25) is 0 Å². The molecule has 13 heteroatoms. The van der Waals surface area contributed by atoms with Crippen molar-refractivity contribution in [1.82, 2.24) is 29.8 Å². The third-order valence-corrected chi connectivity index (χ3v) is 4.43. The Morgan fingerprint density at radius 1 is 1.12 bits per heavy atom. The number of nitriles is 1. The summed E-state index contributed by atoms with van der Waals surface area (Å²) in [5.74, 6) is -1.64. The van der Waals surface area contributed by atoms with E-state index in [0.29, 0.717) is 4.68 Å². The summed E-state index contributed by atoms with van der Waals surface area (Å²) in [4.78, 5) is 17.7. The standard InChI is InChI=1S/C20H12F4N8O/c21-14-3-1-2-12(6-14)11-31-17(20(22,23)24)16(10-29-31)19(33)30-15-7-13(8-25)18(26-9-15)32-27-4-5-28-32/h1-7,9-10H,11H2,(H,30,33). The van der Waals surface area contributed by atoms with Crippen molar-refractivity contribution in [1.29, 1.82) is 5.26 Å². The monoisotopic (exact) mass is 456 g/mol. The Morgan fingerprint density at radius 3 is 2.55 bits per heavy atom. The summed E-state index contributed by atoms with van der Waals surface area (Å²) < 4.78 is 55.3. The van der Waals surface area contributed by atoms with Crippen molar-refractivity contribution in [3.8, 4) is 11.9 Å². The van der Waals surface area contributed by atoms with E-state index < -0.39 is 35.7 Å². The molecule has 1 N–H and O–H groups in total. The number of nitrogens with one attached hydrogen (secondary N) is 1. The first-order chi connectivity index (χ1) is 15.8. The maximum Gasteiger partial charge on any atom is 0.433 e. The number of anilines is 1. The molecular formula is C20H12F4N8O. The Kier molecular flexibility index (Phi) is 5.57. The number of rotatable bonds is 5. The second-order valence-electron chi connectivity index (χ2n) is 6.67. The van der Waals surface area contributed by atoms with Crippen molar-refractivity contribution >= 4 is 11.6 Å². The van der Waals surface area contributed by atoms with Crippen LogP contribution in [-0.2, 0) is 12.7 Å². The number of halogens is 4. The Hall–Kier alpha value is -4.60. The number of amides is 1. The highest BCUT2D eigenvalue weighted by atomic mass is 19.4. The molecule has 3 aromatic heterocycles. The third-order valence-electron chi connectivity index (χ3n) is 4.43. The van der Waals surface area contributed by atoms with Gasteiger partial charge in [0.15, 0.2) is 11.5 Å². The zero-order valence-electron chi connectivity index (χ0n) is 16.5. The van der Waals surface area contributed by atoms with Gasteiger partial charge in [0.25, 0.3) is 5.91 Å². The quantitative estimate of drug-likeness (QED) is 0.462. The van der Waals surface area contributed by atoms with Gasteiger partial charge in [-0.2, -0.15) is 33.7 Å². The molecule has 0 fully saturated rings. The first-order valence-electron chi connectivity index (χ1n) is 9.22. The van der Waals surface area contributed by atoms with Gasteiger partial charge in [-0.25, -0.2) is 9.37 Å². The molecule has 0 unspecified atom stereocenters. The van der Waals surface area contributed by atoms with Crippen molar-refractivity contribution in [2.45, 2.75) is 12.7 Å². The molecule has 0 radical (unpaired) electrons. The van der Waals surface area contributed by atoms with Gasteiger partial charge in [-0.15, -0.1) is 4.80 Å². The van der Waals surface area contributed by atoms with E-state index in [-0.39, 0.29) is 22.6 Å². The predicted octanol–water partition coefficient (Wildman–Crippen LogP) is 3.19. The fraction of sp³-hybridized carbons (Fsp3) is 0.100. The minimum absolute atomic E-state index is 0.0122. The van der Waals surface area contributed by atoms with Crippen molar-refractivity contribution in [3.63, 3.8) is 0 Å². The first kappa shape index (κ1) is 21.6. The summed E-state index contributed by atoms with van der Waals surface area (Å²) in [6.07, 6.45) is -0.237. The van der Waals surface area contributed by atoms with Gasteiger partial charge in [0, 0.05) is 0 Å². The molecule has 1 amide bonds. The van der Waals surface area contributed by atoms with E-state index in [1.54, 1.807) is 0 Å². The summed E-state index contributed by atoms with van der Waals surface area (Å²) in [7, 11) is 0. The highest BCUT2D eigenvalue weighted by molar-refractivity contribution is 6.05. The van der Waals surface area contributed by atoms with Gasteiger partial charge >= 0.3 is 6.18 Å². The molecule has 0 bridgehead atoms. The zero-order chi connectivity index (χ0) is 23.6. The molecule has 9 nitrogen and oxygen atoms in total. The van der Waals surface area contributed by atoms with Gasteiger partial charge in [0.1, 0.15) is 17.4 Å². The Morgan fingerprint density at radius 2 is 1.88 bits per heavy atom. The molecule has 0 spiro atoms. The van der Waals surface area contributed by atoms with Crippen LogP contribution in [0.4, 0.5) is 23.2 Å². The number of aromatic nitrogens is 6. The normalized spacial score (nSPS) is 11.2. The second-order valence-corrected chi connectivity index (χ2v) is 6.67. The van der Waals surface area contributed by atoms with E-state index in [1.807, 2.05) is 6.07 Å². The van der Waals surface area contributed by atoms with Gasteiger partial charge in [-0.1, -0.05) is 12.1 Å². The van der Waals surface area contributed by atoms with Crippen LogP contribution >= 0.6 is 0 Å². The maximum atomic E-state index is 13.8. The molecule has 0 aliphatic rings. The lowest BCUT2D eigenvalue weighted by Crippen LogP contribution is -2.22. The number of pyridine rings is 1. The fourth-order valence-electron chi connectivity index (χ4n) is 3.07. The van der Waals surface area contributed by atoms with Crippen LogP contribution in [-0.4, -0.2) is 35.7 Å².